The maximum Gasteiger partial charge on any atom is 0.490 e. The molecule has 52 heavy (non-hydrogen) atoms. The summed E-state index contributed by atoms with van der Waals surface area (Å²) in [5.74, 6) is -2.39. The fraction of sp³-hybridized carbons (Fsp3) is 0.297. The number of nitrogens with one attached hydrogen (secondary N) is 1. The molecule has 1 saturated heterocycles. The van der Waals surface area contributed by atoms with Crippen LogP contribution in [0.25, 0.3) is 27.6 Å². The SMILES string of the molecule is CN1CCN(c2ccc(Nc3cc(-c4cccc(-n5ccc6cc(C7CC7)cc(F)c6c5=O)c4CO)cn(C)c3=O)nc2)CC1.O=C(O)C(F)(F)F. The van der Waals surface area contributed by atoms with E-state index in [1.807, 2.05) is 30.5 Å². The fourth-order valence-electron chi connectivity index (χ4n) is 6.23. The van der Waals surface area contributed by atoms with E-state index < -0.39 is 23.5 Å². The van der Waals surface area contributed by atoms with Gasteiger partial charge in [-0.15, -0.1) is 0 Å². The quantitative estimate of drug-likeness (QED) is 0.190. The van der Waals surface area contributed by atoms with Crippen molar-refractivity contribution in [2.24, 2.45) is 7.05 Å². The zero-order valence-electron chi connectivity index (χ0n) is 28.3. The Labute approximate surface area is 295 Å². The van der Waals surface area contributed by atoms with E-state index in [1.54, 1.807) is 43.7 Å². The van der Waals surface area contributed by atoms with Gasteiger partial charge in [0.1, 0.15) is 17.3 Å². The van der Waals surface area contributed by atoms with Crippen LogP contribution < -0.4 is 21.3 Å². The van der Waals surface area contributed by atoms with Crippen LogP contribution in [0.4, 0.5) is 34.8 Å². The van der Waals surface area contributed by atoms with Gasteiger partial charge in [0.05, 0.1) is 29.6 Å². The van der Waals surface area contributed by atoms with Crippen molar-refractivity contribution in [1.29, 1.82) is 0 Å². The Hall–Kier alpha value is -5.54. The van der Waals surface area contributed by atoms with Crippen LogP contribution in [0, 0.1) is 5.82 Å². The molecule has 0 spiro atoms. The molecule has 11 nitrogen and oxygen atoms in total. The van der Waals surface area contributed by atoms with Crippen LogP contribution in [0.15, 0.2) is 82.8 Å². The smallest absolute Gasteiger partial charge is 0.475 e. The van der Waals surface area contributed by atoms with Crippen molar-refractivity contribution >= 4 is 33.9 Å². The van der Waals surface area contributed by atoms with Crippen molar-refractivity contribution in [2.45, 2.75) is 31.5 Å². The van der Waals surface area contributed by atoms with E-state index in [0.717, 1.165) is 50.3 Å². The lowest BCUT2D eigenvalue weighted by atomic mass is 9.98. The minimum atomic E-state index is -5.08. The third kappa shape index (κ3) is 7.70. The number of nitrogens with zero attached hydrogens (tertiary/aromatic N) is 5. The van der Waals surface area contributed by atoms with Gasteiger partial charge >= 0.3 is 12.1 Å². The van der Waals surface area contributed by atoms with E-state index in [9.17, 15) is 27.9 Å². The van der Waals surface area contributed by atoms with E-state index in [4.69, 9.17) is 9.90 Å². The molecule has 2 aliphatic rings. The number of fused-ring (bicyclic) bond motifs is 1. The molecule has 5 aromatic rings. The third-order valence-electron chi connectivity index (χ3n) is 9.21. The maximum absolute atomic E-state index is 15.2. The zero-order valence-corrected chi connectivity index (χ0v) is 28.3. The molecule has 0 radical (unpaired) electrons. The number of piperazine rings is 1. The maximum atomic E-state index is 15.2. The van der Waals surface area contributed by atoms with Gasteiger partial charge in [0.15, 0.2) is 0 Å². The van der Waals surface area contributed by atoms with Gasteiger partial charge in [-0.25, -0.2) is 14.2 Å². The number of carboxylic acid groups (broad SMARTS) is 1. The monoisotopic (exact) mass is 720 g/mol. The summed E-state index contributed by atoms with van der Waals surface area (Å²) in [7, 11) is 3.78. The Morgan fingerprint density at radius 1 is 0.981 bits per heavy atom. The van der Waals surface area contributed by atoms with Crippen molar-refractivity contribution < 1.29 is 32.6 Å². The molecule has 0 unspecified atom stereocenters. The van der Waals surface area contributed by atoms with E-state index in [1.165, 1.54) is 15.2 Å². The molecule has 0 atom stereocenters. The highest BCUT2D eigenvalue weighted by Gasteiger charge is 2.38. The minimum absolute atomic E-state index is 0.0240. The summed E-state index contributed by atoms with van der Waals surface area (Å²) in [6.07, 6.45) is 2.13. The molecule has 1 saturated carbocycles. The van der Waals surface area contributed by atoms with Crippen LogP contribution in [0.3, 0.4) is 0 Å². The van der Waals surface area contributed by atoms with Crippen LogP contribution in [-0.2, 0) is 18.4 Å². The number of anilines is 3. The molecule has 2 aromatic carbocycles. The van der Waals surface area contributed by atoms with Gasteiger partial charge in [0.2, 0.25) is 0 Å². The van der Waals surface area contributed by atoms with Crippen molar-refractivity contribution in [3.63, 3.8) is 0 Å². The van der Waals surface area contributed by atoms with E-state index in [2.05, 4.69) is 27.1 Å². The number of rotatable bonds is 7. The van der Waals surface area contributed by atoms with Crippen LogP contribution in [0.1, 0.15) is 29.9 Å². The number of aryl methyl sites for hydroxylation is 1. The summed E-state index contributed by atoms with van der Waals surface area (Å²) in [5.41, 5.74) is 3.77. The van der Waals surface area contributed by atoms with Gasteiger partial charge in [-0.1, -0.05) is 18.2 Å². The average Bonchev–Trinajstić information content (AvgIpc) is 3.96. The number of carboxylic acids is 1. The molecule has 3 aromatic heterocycles. The molecular weight excluding hydrogens is 684 g/mol. The number of aliphatic carboxylic acids is 1. The number of halogens is 4. The Morgan fingerprint density at radius 3 is 2.31 bits per heavy atom. The average molecular weight is 721 g/mol. The molecule has 4 heterocycles. The predicted octanol–water partition coefficient (Wildman–Crippen LogP) is 5.39. The summed E-state index contributed by atoms with van der Waals surface area (Å²) < 4.78 is 49.8. The summed E-state index contributed by atoms with van der Waals surface area (Å²) in [6, 6.07) is 16.0. The van der Waals surface area contributed by atoms with Gasteiger partial charge < -0.3 is 29.9 Å². The number of aromatic nitrogens is 3. The highest BCUT2D eigenvalue weighted by Crippen LogP contribution is 2.41. The molecule has 7 rings (SSSR count). The second-order valence-electron chi connectivity index (χ2n) is 12.9. The molecule has 0 bridgehead atoms. The number of aliphatic hydroxyl groups is 1. The van der Waals surface area contributed by atoms with Gasteiger partial charge in [0.25, 0.3) is 11.1 Å². The van der Waals surface area contributed by atoms with Gasteiger partial charge in [-0.3, -0.25) is 14.2 Å². The highest BCUT2D eigenvalue weighted by atomic mass is 19.4. The number of benzene rings is 2. The van der Waals surface area contributed by atoms with Crippen LogP contribution in [0.5, 0.6) is 0 Å². The topological polar surface area (TPSA) is 133 Å². The summed E-state index contributed by atoms with van der Waals surface area (Å²) in [4.78, 5) is 44.8. The normalized spacial score (nSPS) is 14.9. The Bertz CT molecular complexity index is 2240. The molecule has 1 aliphatic carbocycles. The van der Waals surface area contributed by atoms with Gasteiger partial charge in [0, 0.05) is 56.7 Å². The van der Waals surface area contributed by atoms with Gasteiger partial charge in [-0.2, -0.15) is 13.2 Å². The van der Waals surface area contributed by atoms with E-state index >= 15 is 4.39 Å². The molecule has 0 amide bonds. The summed E-state index contributed by atoms with van der Waals surface area (Å²) in [6.45, 7) is 3.48. The van der Waals surface area contributed by atoms with Crippen LogP contribution in [0.2, 0.25) is 0 Å². The zero-order chi connectivity index (χ0) is 37.3. The van der Waals surface area contributed by atoms with Crippen molar-refractivity contribution in [3.05, 3.63) is 111 Å². The van der Waals surface area contributed by atoms with Crippen LogP contribution >= 0.6 is 0 Å². The molecule has 15 heteroatoms. The van der Waals surface area contributed by atoms with E-state index in [0.29, 0.717) is 45.2 Å². The number of alkyl halides is 3. The predicted molar refractivity (Wildman–Crippen MR) is 189 cm³/mol. The Kier molecular flexibility index (Phi) is 10.2. The summed E-state index contributed by atoms with van der Waals surface area (Å²) >= 11 is 0. The molecular formula is C37H36F4N6O5. The first-order valence-corrected chi connectivity index (χ1v) is 16.5. The lowest BCUT2D eigenvalue weighted by Crippen LogP contribution is -2.44. The first-order valence-electron chi connectivity index (χ1n) is 16.5. The first-order chi connectivity index (χ1) is 24.7. The largest absolute Gasteiger partial charge is 0.490 e. The van der Waals surface area contributed by atoms with Crippen molar-refractivity contribution in [3.8, 4) is 16.8 Å². The highest BCUT2D eigenvalue weighted by molar-refractivity contribution is 5.84. The van der Waals surface area contributed by atoms with E-state index in [-0.39, 0.29) is 17.6 Å². The molecule has 1 aliphatic heterocycles. The Morgan fingerprint density at radius 2 is 1.69 bits per heavy atom. The molecule has 3 N–H and O–H groups in total. The lowest BCUT2D eigenvalue weighted by molar-refractivity contribution is -0.192. The number of hydrogen-bond acceptors (Lipinski definition) is 8. The molecule has 272 valence electrons. The lowest BCUT2D eigenvalue weighted by Gasteiger charge is -2.33. The third-order valence-corrected chi connectivity index (χ3v) is 9.21. The molecule has 2 fully saturated rings. The number of hydrogen-bond donors (Lipinski definition) is 3. The Balaban J connectivity index is 0.000000604. The standard InChI is InChI=1S/C35H35FN6O3.C2HF3O2/c1-39-12-14-41(15-13-39)26-8-9-32(37-19-26)38-30-18-25(20-40(2)34(30)44)27-4-3-5-31(28(27)21-43)42-11-10-23-16-24(22-6-7-22)17-29(36)33(23)35(42)45;3-2(4,5)1(6)7/h3-5,8-11,16-20,22,43H,6-7,12-15,21H2,1-2H3,(H,37,38);(H,6,7). The van der Waals surface area contributed by atoms with Crippen LogP contribution in [-0.4, -0.2) is 74.6 Å². The summed E-state index contributed by atoms with van der Waals surface area (Å²) in [5, 5.41) is 21.5. The first kappa shape index (κ1) is 36.3. The second-order valence-corrected chi connectivity index (χ2v) is 12.9. The number of pyridine rings is 3. The van der Waals surface area contributed by atoms with Crippen molar-refractivity contribution in [2.75, 3.05) is 43.4 Å². The number of carbonyl (C=O) groups is 1. The number of likely N-dealkylation sites (N-methyl/N-ethyl adjacent to an activating group) is 1. The number of aliphatic hydroxyl groups excluding tert-OH is 1. The minimum Gasteiger partial charge on any atom is -0.475 e. The second kappa shape index (κ2) is 14.6. The van der Waals surface area contributed by atoms with Gasteiger partial charge in [-0.05, 0) is 78.7 Å². The fourth-order valence-corrected chi connectivity index (χ4v) is 6.23. The van der Waals surface area contributed by atoms with Crippen molar-refractivity contribution in [1.82, 2.24) is 19.0 Å².